The number of hydrogen-bond acceptors (Lipinski definition) is 3. The Hall–Kier alpha value is -3.67. The SMILES string of the molecule is CCn1c([C@@H]2CCCN2C(=O)c2cc(-c3ccccc3)c(C)[nH]c2=O)nc2ccccc21. The number of aromatic amines is 1. The van der Waals surface area contributed by atoms with Gasteiger partial charge in [0.15, 0.2) is 0 Å². The van der Waals surface area contributed by atoms with Crippen molar-refractivity contribution in [2.45, 2.75) is 39.3 Å². The molecule has 1 atom stereocenters. The lowest BCUT2D eigenvalue weighted by Gasteiger charge is -2.25. The molecule has 0 radical (unpaired) electrons. The Labute approximate surface area is 186 Å². The summed E-state index contributed by atoms with van der Waals surface area (Å²) in [6.45, 7) is 5.35. The molecular weight excluding hydrogens is 400 g/mol. The van der Waals surface area contributed by atoms with Gasteiger partial charge in [-0.05, 0) is 50.5 Å². The first-order valence-corrected chi connectivity index (χ1v) is 11.1. The molecule has 1 N–H and O–H groups in total. The van der Waals surface area contributed by atoms with E-state index in [2.05, 4.69) is 22.5 Å². The summed E-state index contributed by atoms with van der Waals surface area (Å²) >= 11 is 0. The van der Waals surface area contributed by atoms with E-state index < -0.39 is 0 Å². The molecule has 0 spiro atoms. The molecule has 3 heterocycles. The molecule has 6 nitrogen and oxygen atoms in total. The molecule has 162 valence electrons. The van der Waals surface area contributed by atoms with Crippen molar-refractivity contribution in [2.75, 3.05) is 6.54 Å². The Morgan fingerprint density at radius 1 is 1.12 bits per heavy atom. The number of amides is 1. The summed E-state index contributed by atoms with van der Waals surface area (Å²) in [6.07, 6.45) is 1.73. The number of fused-ring (bicyclic) bond motifs is 1. The molecule has 0 unspecified atom stereocenters. The number of para-hydroxylation sites is 2. The number of nitrogens with zero attached hydrogens (tertiary/aromatic N) is 3. The van der Waals surface area contributed by atoms with Gasteiger partial charge in [-0.1, -0.05) is 42.5 Å². The highest BCUT2D eigenvalue weighted by Crippen LogP contribution is 2.34. The van der Waals surface area contributed by atoms with Crippen molar-refractivity contribution in [1.29, 1.82) is 0 Å². The normalized spacial score (nSPS) is 16.1. The average Bonchev–Trinajstić information content (AvgIpc) is 3.43. The molecule has 0 aliphatic carbocycles. The van der Waals surface area contributed by atoms with Crippen LogP contribution in [0.2, 0.25) is 0 Å². The predicted octanol–water partition coefficient (Wildman–Crippen LogP) is 4.70. The summed E-state index contributed by atoms with van der Waals surface area (Å²) in [6, 6.07) is 19.5. The highest BCUT2D eigenvalue weighted by molar-refractivity contribution is 5.95. The van der Waals surface area contributed by atoms with E-state index in [0.717, 1.165) is 53.1 Å². The molecule has 0 saturated carbocycles. The van der Waals surface area contributed by atoms with Crippen LogP contribution in [0, 0.1) is 6.92 Å². The van der Waals surface area contributed by atoms with Gasteiger partial charge in [0.2, 0.25) is 0 Å². The highest BCUT2D eigenvalue weighted by atomic mass is 16.2. The number of aromatic nitrogens is 3. The smallest absolute Gasteiger partial charge is 0.261 e. The Bertz CT molecular complexity index is 1350. The van der Waals surface area contributed by atoms with E-state index in [1.165, 1.54) is 0 Å². The van der Waals surface area contributed by atoms with Gasteiger partial charge in [0.1, 0.15) is 11.4 Å². The van der Waals surface area contributed by atoms with Gasteiger partial charge in [0.05, 0.1) is 17.1 Å². The van der Waals surface area contributed by atoms with Gasteiger partial charge in [-0.25, -0.2) is 4.98 Å². The number of nitrogens with one attached hydrogen (secondary N) is 1. The minimum Gasteiger partial charge on any atom is -0.328 e. The largest absolute Gasteiger partial charge is 0.328 e. The Kier molecular flexibility index (Phi) is 5.13. The van der Waals surface area contributed by atoms with Crippen LogP contribution in [-0.4, -0.2) is 31.9 Å². The topological polar surface area (TPSA) is 71.0 Å². The van der Waals surface area contributed by atoms with E-state index >= 15 is 0 Å². The van der Waals surface area contributed by atoms with Crippen LogP contribution >= 0.6 is 0 Å². The second-order valence-corrected chi connectivity index (χ2v) is 8.28. The fourth-order valence-electron chi connectivity index (χ4n) is 4.81. The lowest BCUT2D eigenvalue weighted by molar-refractivity contribution is 0.0726. The minimum absolute atomic E-state index is 0.143. The third kappa shape index (κ3) is 3.32. The van der Waals surface area contributed by atoms with Gasteiger partial charge in [0.25, 0.3) is 11.5 Å². The van der Waals surface area contributed by atoms with Crippen LogP contribution in [0.3, 0.4) is 0 Å². The first-order chi connectivity index (χ1) is 15.6. The van der Waals surface area contributed by atoms with Crippen molar-refractivity contribution < 1.29 is 4.79 Å². The van der Waals surface area contributed by atoms with Gasteiger partial charge >= 0.3 is 0 Å². The zero-order valence-electron chi connectivity index (χ0n) is 18.3. The maximum atomic E-state index is 13.6. The van der Waals surface area contributed by atoms with Gasteiger partial charge in [0, 0.05) is 24.3 Å². The molecule has 1 saturated heterocycles. The molecule has 32 heavy (non-hydrogen) atoms. The minimum atomic E-state index is -0.346. The monoisotopic (exact) mass is 426 g/mol. The summed E-state index contributed by atoms with van der Waals surface area (Å²) in [4.78, 5) is 36.0. The molecule has 1 aliphatic rings. The number of imidazole rings is 1. The summed E-state index contributed by atoms with van der Waals surface area (Å²) in [5, 5.41) is 0. The molecule has 4 aromatic rings. The maximum Gasteiger partial charge on any atom is 0.261 e. The van der Waals surface area contributed by atoms with Crippen LogP contribution in [0.4, 0.5) is 0 Å². The lowest BCUT2D eigenvalue weighted by atomic mass is 10.0. The van der Waals surface area contributed by atoms with Crippen LogP contribution in [-0.2, 0) is 6.54 Å². The van der Waals surface area contributed by atoms with Crippen molar-refractivity contribution >= 4 is 16.9 Å². The van der Waals surface area contributed by atoms with Crippen molar-refractivity contribution in [3.63, 3.8) is 0 Å². The molecule has 5 rings (SSSR count). The molecule has 1 aliphatic heterocycles. The van der Waals surface area contributed by atoms with E-state index in [-0.39, 0.29) is 23.1 Å². The summed E-state index contributed by atoms with van der Waals surface area (Å²) < 4.78 is 2.18. The molecule has 2 aromatic carbocycles. The number of likely N-dealkylation sites (tertiary alicyclic amines) is 1. The summed E-state index contributed by atoms with van der Waals surface area (Å²) in [5.74, 6) is 0.659. The van der Waals surface area contributed by atoms with Crippen molar-refractivity contribution in [1.82, 2.24) is 19.4 Å². The van der Waals surface area contributed by atoms with Gasteiger partial charge < -0.3 is 14.5 Å². The fourth-order valence-corrected chi connectivity index (χ4v) is 4.81. The van der Waals surface area contributed by atoms with E-state index in [1.54, 1.807) is 6.07 Å². The van der Waals surface area contributed by atoms with Gasteiger partial charge in [-0.3, -0.25) is 9.59 Å². The third-order valence-corrected chi connectivity index (χ3v) is 6.37. The second kappa shape index (κ2) is 8.11. The molecule has 2 aromatic heterocycles. The number of hydrogen-bond donors (Lipinski definition) is 1. The van der Waals surface area contributed by atoms with Crippen molar-refractivity contribution in [2.24, 2.45) is 0 Å². The van der Waals surface area contributed by atoms with E-state index in [4.69, 9.17) is 4.98 Å². The maximum absolute atomic E-state index is 13.6. The number of aryl methyl sites for hydroxylation is 2. The molecule has 0 bridgehead atoms. The number of benzene rings is 2. The molecule has 6 heteroatoms. The third-order valence-electron chi connectivity index (χ3n) is 6.37. The van der Waals surface area contributed by atoms with E-state index in [9.17, 15) is 9.59 Å². The zero-order chi connectivity index (χ0) is 22.2. The summed E-state index contributed by atoms with van der Waals surface area (Å²) in [5.41, 5.74) is 4.43. The van der Waals surface area contributed by atoms with Crippen molar-refractivity contribution in [3.8, 4) is 11.1 Å². The first-order valence-electron chi connectivity index (χ1n) is 11.1. The standard InChI is InChI=1S/C26H26N4O2/c1-3-29-22-13-8-7-12-21(22)28-24(29)23-14-9-15-30(23)26(32)20-16-19(17(2)27-25(20)31)18-10-5-4-6-11-18/h4-8,10-13,16,23H,3,9,14-15H2,1-2H3,(H,27,31)/t23-/m0/s1. The van der Waals surface area contributed by atoms with E-state index in [0.29, 0.717) is 6.54 Å². The Morgan fingerprint density at radius 2 is 1.88 bits per heavy atom. The average molecular weight is 427 g/mol. The zero-order valence-corrected chi connectivity index (χ0v) is 18.3. The number of H-pyrrole nitrogens is 1. The van der Waals surface area contributed by atoms with Crippen molar-refractivity contribution in [3.05, 3.63) is 88.1 Å². The second-order valence-electron chi connectivity index (χ2n) is 8.28. The first kappa shape index (κ1) is 20.2. The lowest BCUT2D eigenvalue weighted by Crippen LogP contribution is -2.35. The number of rotatable bonds is 4. The Balaban J connectivity index is 1.56. The number of carbonyl (C=O) groups is 1. The van der Waals surface area contributed by atoms with E-state index in [1.807, 2.05) is 60.4 Å². The predicted molar refractivity (Wildman–Crippen MR) is 126 cm³/mol. The molecule has 1 amide bonds. The number of carbonyl (C=O) groups excluding carboxylic acids is 1. The summed E-state index contributed by atoms with van der Waals surface area (Å²) in [7, 11) is 0. The van der Waals surface area contributed by atoms with Crippen LogP contribution < -0.4 is 5.56 Å². The van der Waals surface area contributed by atoms with Gasteiger partial charge in [-0.15, -0.1) is 0 Å². The number of pyridine rings is 1. The molecular formula is C26H26N4O2. The van der Waals surface area contributed by atoms with Crippen LogP contribution in [0.5, 0.6) is 0 Å². The van der Waals surface area contributed by atoms with Crippen LogP contribution in [0.15, 0.2) is 65.5 Å². The van der Waals surface area contributed by atoms with Crippen LogP contribution in [0.25, 0.3) is 22.2 Å². The fraction of sp³-hybridized carbons (Fsp3) is 0.269. The quantitative estimate of drug-likeness (QED) is 0.514. The van der Waals surface area contributed by atoms with Crippen LogP contribution in [0.1, 0.15) is 47.7 Å². The Morgan fingerprint density at radius 3 is 2.66 bits per heavy atom. The highest BCUT2D eigenvalue weighted by Gasteiger charge is 2.35. The molecule has 1 fully saturated rings. The van der Waals surface area contributed by atoms with Gasteiger partial charge in [-0.2, -0.15) is 0 Å².